The van der Waals surface area contributed by atoms with Gasteiger partial charge >= 0.3 is 0 Å². The summed E-state index contributed by atoms with van der Waals surface area (Å²) in [6, 6.07) is 7.57. The summed E-state index contributed by atoms with van der Waals surface area (Å²) < 4.78 is 13.2. The summed E-state index contributed by atoms with van der Waals surface area (Å²) in [4.78, 5) is 21.8. The summed E-state index contributed by atoms with van der Waals surface area (Å²) in [6.07, 6.45) is 1.08. The normalized spacial score (nSPS) is 15.3. The molecule has 2 N–H and O–H groups in total. The molecule has 4 rings (SSSR count). The third kappa shape index (κ3) is 4.84. The molecule has 31 heavy (non-hydrogen) atoms. The molecular formula is C21H26N6O3S. The molecule has 1 aliphatic heterocycles. The van der Waals surface area contributed by atoms with Crippen LogP contribution < -0.4 is 20.1 Å². The van der Waals surface area contributed by atoms with Crippen LogP contribution in [0.1, 0.15) is 20.8 Å². The van der Waals surface area contributed by atoms with Crippen molar-refractivity contribution < 1.29 is 14.3 Å². The van der Waals surface area contributed by atoms with E-state index in [1.807, 2.05) is 18.2 Å². The van der Waals surface area contributed by atoms with Gasteiger partial charge in [0.2, 0.25) is 6.10 Å². The van der Waals surface area contributed by atoms with Crippen LogP contribution in [0, 0.1) is 0 Å². The molecule has 0 fully saturated rings. The number of nitrogens with zero attached hydrogens (tertiary/aromatic N) is 4. The van der Waals surface area contributed by atoms with Crippen molar-refractivity contribution in [2.45, 2.75) is 44.6 Å². The minimum Gasteiger partial charge on any atom is -0.485 e. The van der Waals surface area contributed by atoms with Crippen LogP contribution in [-0.4, -0.2) is 56.7 Å². The van der Waals surface area contributed by atoms with E-state index in [0.29, 0.717) is 29.7 Å². The number of para-hydroxylation sites is 2. The van der Waals surface area contributed by atoms with E-state index >= 15 is 0 Å². The molecule has 0 saturated carbocycles. The summed E-state index contributed by atoms with van der Waals surface area (Å²) in [5.41, 5.74) is 0.745. The maximum Gasteiger partial charge on any atom is 0.264 e. The number of thioether (sulfide) groups is 1. The van der Waals surface area contributed by atoms with Crippen LogP contribution in [0.2, 0.25) is 0 Å². The second kappa shape index (κ2) is 9.42. The zero-order chi connectivity index (χ0) is 21.8. The maximum atomic E-state index is 12.5. The van der Waals surface area contributed by atoms with Gasteiger partial charge in [0.25, 0.3) is 5.91 Å². The van der Waals surface area contributed by atoms with E-state index in [1.54, 1.807) is 28.7 Å². The second-order valence-corrected chi connectivity index (χ2v) is 8.58. The van der Waals surface area contributed by atoms with E-state index in [2.05, 4.69) is 46.5 Å². The third-order valence-corrected chi connectivity index (χ3v) is 5.33. The fourth-order valence-corrected chi connectivity index (χ4v) is 3.79. The molecule has 1 aromatic carbocycles. The monoisotopic (exact) mass is 442 g/mol. The molecule has 1 atom stereocenters. The summed E-state index contributed by atoms with van der Waals surface area (Å²) in [5.74, 6) is 2.67. The predicted molar refractivity (Wildman–Crippen MR) is 120 cm³/mol. The van der Waals surface area contributed by atoms with E-state index in [4.69, 9.17) is 9.47 Å². The van der Waals surface area contributed by atoms with Crippen molar-refractivity contribution in [1.29, 1.82) is 0 Å². The SMILES string of the molecule is CCSc1nc(NC(C)C)c2cnn(CCNC(=O)C3COc4ccccc4O3)c2n1. The van der Waals surface area contributed by atoms with Gasteiger partial charge in [-0.25, -0.2) is 14.6 Å². The third-order valence-electron chi connectivity index (χ3n) is 4.60. The van der Waals surface area contributed by atoms with Gasteiger partial charge in [-0.05, 0) is 31.7 Å². The molecule has 164 valence electrons. The zero-order valence-electron chi connectivity index (χ0n) is 17.8. The predicted octanol–water partition coefficient (Wildman–Crippen LogP) is 2.71. The average molecular weight is 443 g/mol. The molecule has 0 radical (unpaired) electrons. The van der Waals surface area contributed by atoms with Gasteiger partial charge in [0, 0.05) is 12.6 Å². The number of hydrogen-bond donors (Lipinski definition) is 2. The van der Waals surface area contributed by atoms with Crippen LogP contribution in [0.4, 0.5) is 5.82 Å². The second-order valence-electron chi connectivity index (χ2n) is 7.35. The van der Waals surface area contributed by atoms with Crippen LogP contribution in [0.15, 0.2) is 35.6 Å². The van der Waals surface area contributed by atoms with Gasteiger partial charge in [-0.2, -0.15) is 5.10 Å². The Balaban J connectivity index is 1.42. The summed E-state index contributed by atoms with van der Waals surface area (Å²) in [6.45, 7) is 7.25. The highest BCUT2D eigenvalue weighted by molar-refractivity contribution is 7.99. The first kappa shape index (κ1) is 21.2. The summed E-state index contributed by atoms with van der Waals surface area (Å²) in [7, 11) is 0. The van der Waals surface area contributed by atoms with Crippen LogP contribution in [-0.2, 0) is 11.3 Å². The van der Waals surface area contributed by atoms with Gasteiger partial charge in [-0.1, -0.05) is 30.8 Å². The fourth-order valence-electron chi connectivity index (χ4n) is 3.22. The number of carbonyl (C=O) groups is 1. The molecule has 3 aromatic rings. The highest BCUT2D eigenvalue weighted by Gasteiger charge is 2.27. The van der Waals surface area contributed by atoms with Gasteiger partial charge in [0.1, 0.15) is 12.4 Å². The van der Waals surface area contributed by atoms with E-state index in [1.165, 1.54) is 0 Å². The number of nitrogens with one attached hydrogen (secondary N) is 2. The van der Waals surface area contributed by atoms with Crippen LogP contribution >= 0.6 is 11.8 Å². The summed E-state index contributed by atoms with van der Waals surface area (Å²) >= 11 is 1.58. The molecular weight excluding hydrogens is 416 g/mol. The molecule has 0 bridgehead atoms. The largest absolute Gasteiger partial charge is 0.485 e. The molecule has 1 unspecified atom stereocenters. The lowest BCUT2D eigenvalue weighted by Gasteiger charge is -2.25. The molecule has 0 aliphatic carbocycles. The molecule has 1 aliphatic rings. The van der Waals surface area contributed by atoms with Gasteiger partial charge in [0.05, 0.1) is 18.1 Å². The van der Waals surface area contributed by atoms with Crippen molar-refractivity contribution >= 4 is 34.5 Å². The van der Waals surface area contributed by atoms with Crippen molar-refractivity contribution in [2.75, 3.05) is 24.2 Å². The smallest absolute Gasteiger partial charge is 0.264 e. The maximum absolute atomic E-state index is 12.5. The standard InChI is InChI=1S/C21H26N6O3S/c1-4-31-21-25-18(24-13(2)3)14-11-23-27(19(14)26-21)10-9-22-20(28)17-12-29-15-7-5-6-8-16(15)30-17/h5-8,11,13,17H,4,9-10,12H2,1-3H3,(H,22,28)(H,24,25,26). The minimum atomic E-state index is -0.680. The molecule has 1 amide bonds. The van der Waals surface area contributed by atoms with E-state index in [0.717, 1.165) is 22.6 Å². The molecule has 10 heteroatoms. The quantitative estimate of drug-likeness (QED) is 0.405. The van der Waals surface area contributed by atoms with Crippen molar-refractivity contribution in [2.24, 2.45) is 0 Å². The average Bonchev–Trinajstić information content (AvgIpc) is 3.16. The van der Waals surface area contributed by atoms with E-state index in [-0.39, 0.29) is 18.6 Å². The topological polar surface area (TPSA) is 103 Å². The number of rotatable bonds is 8. The summed E-state index contributed by atoms with van der Waals surface area (Å²) in [5, 5.41) is 12.3. The number of ether oxygens (including phenoxy) is 2. The number of hydrogen-bond acceptors (Lipinski definition) is 8. The van der Waals surface area contributed by atoms with Crippen LogP contribution in [0.25, 0.3) is 11.0 Å². The van der Waals surface area contributed by atoms with Gasteiger partial charge in [0.15, 0.2) is 22.3 Å². The van der Waals surface area contributed by atoms with Crippen molar-refractivity contribution in [1.82, 2.24) is 25.1 Å². The number of benzene rings is 1. The Morgan fingerprint density at radius 3 is 2.87 bits per heavy atom. The highest BCUT2D eigenvalue weighted by atomic mass is 32.2. The van der Waals surface area contributed by atoms with Gasteiger partial charge in [-0.3, -0.25) is 4.79 Å². The number of amides is 1. The zero-order valence-corrected chi connectivity index (χ0v) is 18.6. The van der Waals surface area contributed by atoms with Crippen LogP contribution in [0.3, 0.4) is 0 Å². The lowest BCUT2D eigenvalue weighted by atomic mass is 10.2. The van der Waals surface area contributed by atoms with E-state index in [9.17, 15) is 4.79 Å². The lowest BCUT2D eigenvalue weighted by Crippen LogP contribution is -2.44. The molecule has 3 heterocycles. The Kier molecular flexibility index (Phi) is 6.45. The van der Waals surface area contributed by atoms with Crippen molar-refractivity contribution in [3.8, 4) is 11.5 Å². The first-order chi connectivity index (χ1) is 15.0. The number of carbonyl (C=O) groups excluding carboxylic acids is 1. The Morgan fingerprint density at radius 1 is 1.29 bits per heavy atom. The number of aromatic nitrogens is 4. The van der Waals surface area contributed by atoms with Crippen LogP contribution in [0.5, 0.6) is 11.5 Å². The van der Waals surface area contributed by atoms with Crippen molar-refractivity contribution in [3.05, 3.63) is 30.5 Å². The molecule has 0 saturated heterocycles. The number of anilines is 1. The Morgan fingerprint density at radius 2 is 2.10 bits per heavy atom. The Bertz CT molecular complexity index is 1070. The van der Waals surface area contributed by atoms with Gasteiger partial charge in [-0.15, -0.1) is 0 Å². The molecule has 9 nitrogen and oxygen atoms in total. The molecule has 0 spiro atoms. The van der Waals surface area contributed by atoms with Crippen molar-refractivity contribution in [3.63, 3.8) is 0 Å². The minimum absolute atomic E-state index is 0.183. The lowest BCUT2D eigenvalue weighted by molar-refractivity contribution is -0.130. The first-order valence-electron chi connectivity index (χ1n) is 10.3. The van der Waals surface area contributed by atoms with E-state index < -0.39 is 6.10 Å². The first-order valence-corrected chi connectivity index (χ1v) is 11.3. The number of fused-ring (bicyclic) bond motifs is 2. The fraction of sp³-hybridized carbons (Fsp3) is 0.429. The Hall–Kier alpha value is -3.01. The highest BCUT2D eigenvalue weighted by Crippen LogP contribution is 2.31. The molecule has 2 aromatic heterocycles. The van der Waals surface area contributed by atoms with Gasteiger partial charge < -0.3 is 20.1 Å². The Labute approximate surface area is 184 Å².